The third-order valence-electron chi connectivity index (χ3n) is 11.9. The summed E-state index contributed by atoms with van der Waals surface area (Å²) in [6.07, 6.45) is -0.746. The van der Waals surface area contributed by atoms with Crippen LogP contribution in [-0.2, 0) is 37.3 Å². The Balaban J connectivity index is 0.00000882. The van der Waals surface area contributed by atoms with Crippen molar-refractivity contribution >= 4 is 11.0 Å². The molecule has 4 nitrogen and oxygen atoms in total. The van der Waals surface area contributed by atoms with Gasteiger partial charge >= 0.3 is 0 Å². The predicted octanol–water partition coefficient (Wildman–Crippen LogP) is 15.2. The largest absolute Gasteiger partial charge is 0.507 e. The van der Waals surface area contributed by atoms with Crippen LogP contribution >= 0.6 is 0 Å². The van der Waals surface area contributed by atoms with Crippen LogP contribution in [0.2, 0.25) is 0 Å². The van der Waals surface area contributed by atoms with Gasteiger partial charge in [-0.2, -0.15) is 0 Å². The van der Waals surface area contributed by atoms with Crippen molar-refractivity contribution in [3.8, 4) is 67.5 Å². The van der Waals surface area contributed by atoms with Crippen molar-refractivity contribution in [1.29, 1.82) is 0 Å². The Morgan fingerprint density at radius 1 is 0.613 bits per heavy atom. The molecule has 0 saturated carbocycles. The molecule has 0 atom stereocenters. The summed E-state index contributed by atoms with van der Waals surface area (Å²) in [7, 11) is 0. The Morgan fingerprint density at radius 3 is 1.97 bits per heavy atom. The first-order chi connectivity index (χ1) is 35.5. The van der Waals surface area contributed by atoms with Crippen LogP contribution in [0.1, 0.15) is 115 Å². The van der Waals surface area contributed by atoms with Gasteiger partial charge in [-0.15, -0.1) is 29.3 Å². The van der Waals surface area contributed by atoms with E-state index in [1.807, 2.05) is 73.9 Å². The standard InChI is InChI=1S/C57H58N3O.Pt/c1-54(2,3)42-26-24-37(25-27-42)39-30-31-58-48(35-39)41-32-40(33-44(34-41)55(4,5)6)45-21-17-22-50-52(45)59-53(46-20-15-16-23-51(46)61)60(50)49-29-28-43(57(10,11)56(7,8)9)36-47(49)38-18-13-12-14-19-38;/h12-31,33-36,61H,1-11H3;/q-1;/i1D3,2D3,3D3,24D,25D,26D,27D,30D,31D,35D;. The average molecular weight is 1010 g/mol. The van der Waals surface area contributed by atoms with E-state index in [1.54, 1.807) is 24.3 Å². The monoisotopic (exact) mass is 1010 g/mol. The number of fused-ring (bicyclic) bond motifs is 1. The SMILES string of the molecule is [2H]c1nc(-c2[c-]c(-c3cccc4c3nc(-c3ccccc3O)n4-c3ccc(C(C)(C)C(C)(C)C)cc3-c3ccccc3)cc(C(C)(C)C)c2)c([2H])c(-c2c([2H])c([2H])c(C(C([2H])([2H])[2H])(C([2H])([2H])[2H])C([2H])([2H])[2H])c([2H])c2[2H])c1[2H].[Pt]. The Kier molecular flexibility index (Phi) is 7.55. The van der Waals surface area contributed by atoms with Gasteiger partial charge in [-0.25, -0.2) is 4.98 Å². The molecular weight excluding hydrogens is 938 g/mol. The van der Waals surface area contributed by atoms with Crippen LogP contribution in [0.4, 0.5) is 0 Å². The molecule has 62 heavy (non-hydrogen) atoms. The maximum absolute atomic E-state index is 11.5. The Morgan fingerprint density at radius 2 is 1.29 bits per heavy atom. The van der Waals surface area contributed by atoms with E-state index in [9.17, 15) is 6.48 Å². The van der Waals surface area contributed by atoms with E-state index in [0.717, 1.165) is 22.4 Å². The van der Waals surface area contributed by atoms with Gasteiger partial charge in [0.15, 0.2) is 0 Å². The normalized spacial score (nSPS) is 16.7. The maximum Gasteiger partial charge on any atom is 0.148 e. The minimum Gasteiger partial charge on any atom is -0.507 e. The van der Waals surface area contributed by atoms with Crippen molar-refractivity contribution in [2.45, 2.75) is 92.2 Å². The van der Waals surface area contributed by atoms with Gasteiger partial charge in [0.1, 0.15) is 11.6 Å². The van der Waals surface area contributed by atoms with Crippen molar-refractivity contribution < 1.29 is 48.1 Å². The molecule has 0 spiro atoms. The molecule has 0 fully saturated rings. The molecule has 1 N–H and O–H groups in total. The molecule has 8 aromatic rings. The number of hydrogen-bond donors (Lipinski definition) is 1. The van der Waals surface area contributed by atoms with Crippen LogP contribution in [0.25, 0.3) is 72.7 Å². The number of aromatic hydroxyl groups is 1. The number of nitrogens with zero attached hydrogens (tertiary/aromatic N) is 3. The summed E-state index contributed by atoms with van der Waals surface area (Å²) < 4.78 is 140. The van der Waals surface area contributed by atoms with Crippen molar-refractivity contribution in [2.75, 3.05) is 0 Å². The van der Waals surface area contributed by atoms with Gasteiger partial charge in [0.05, 0.1) is 31.9 Å². The topological polar surface area (TPSA) is 50.9 Å². The maximum atomic E-state index is 11.5. The zero-order valence-electron chi connectivity index (χ0n) is 51.9. The molecule has 0 aliphatic heterocycles. The average Bonchev–Trinajstić information content (AvgIpc) is 3.83. The first-order valence-electron chi connectivity index (χ1n) is 28.2. The van der Waals surface area contributed by atoms with Gasteiger partial charge in [-0.1, -0.05) is 178 Å². The molecule has 318 valence electrons. The molecule has 6 aromatic carbocycles. The van der Waals surface area contributed by atoms with Gasteiger partial charge in [0.2, 0.25) is 0 Å². The van der Waals surface area contributed by atoms with Crippen LogP contribution in [0.15, 0.2) is 146 Å². The molecule has 0 unspecified atom stereocenters. The summed E-state index contributed by atoms with van der Waals surface area (Å²) in [4.78, 5) is 9.70. The molecule has 0 aliphatic rings. The van der Waals surface area contributed by atoms with E-state index in [4.69, 9.17) is 25.5 Å². The molecule has 2 heterocycles. The quantitative estimate of drug-likeness (QED) is 0.162. The zero-order chi connectivity index (χ0) is 57.1. The smallest absolute Gasteiger partial charge is 0.148 e. The molecule has 0 amide bonds. The zero-order valence-corrected chi connectivity index (χ0v) is 38.2. The van der Waals surface area contributed by atoms with Gasteiger partial charge < -0.3 is 5.11 Å². The molecule has 5 heteroatoms. The summed E-state index contributed by atoms with van der Waals surface area (Å²) in [6, 6.07) is 29.7. The summed E-state index contributed by atoms with van der Waals surface area (Å²) >= 11 is 0. The van der Waals surface area contributed by atoms with E-state index >= 15 is 0 Å². The van der Waals surface area contributed by atoms with Crippen LogP contribution < -0.4 is 0 Å². The van der Waals surface area contributed by atoms with Crippen molar-refractivity contribution in [1.82, 2.24) is 14.5 Å². The van der Waals surface area contributed by atoms with Gasteiger partial charge in [-0.3, -0.25) is 9.55 Å². The molecule has 0 radical (unpaired) electrons. The molecule has 0 saturated heterocycles. The second-order valence-electron chi connectivity index (χ2n) is 18.1. The summed E-state index contributed by atoms with van der Waals surface area (Å²) in [5.74, 6) is 0.430. The fraction of sp³-hybridized carbons (Fsp3) is 0.263. The second kappa shape index (κ2) is 16.6. The number of phenolic OH excluding ortho intramolecular Hbond substituents is 1. The van der Waals surface area contributed by atoms with Crippen LogP contribution in [0, 0.1) is 11.5 Å². The minimum atomic E-state index is -3.92. The van der Waals surface area contributed by atoms with Gasteiger partial charge in [0, 0.05) is 50.8 Å². The summed E-state index contributed by atoms with van der Waals surface area (Å²) in [6.45, 7) is 5.21. The number of hydrogen-bond acceptors (Lipinski definition) is 3. The van der Waals surface area contributed by atoms with Gasteiger partial charge in [-0.05, 0) is 85.9 Å². The molecule has 2 aromatic heterocycles. The van der Waals surface area contributed by atoms with E-state index in [0.29, 0.717) is 39.1 Å². The third kappa shape index (κ3) is 8.47. The predicted molar refractivity (Wildman–Crippen MR) is 256 cm³/mol. The first-order valence-corrected chi connectivity index (χ1v) is 20.2. The fourth-order valence-corrected chi connectivity index (χ4v) is 7.28. The molecular formula is C57H58N3OPt-. The van der Waals surface area contributed by atoms with Crippen LogP contribution in [-0.4, -0.2) is 19.6 Å². The van der Waals surface area contributed by atoms with Crippen LogP contribution in [0.5, 0.6) is 5.75 Å². The molecule has 0 bridgehead atoms. The number of pyridine rings is 1. The number of imidazole rings is 1. The van der Waals surface area contributed by atoms with E-state index in [1.165, 1.54) is 0 Å². The number of phenols is 1. The summed E-state index contributed by atoms with van der Waals surface area (Å²) in [5, 5.41) is 11.5. The van der Waals surface area contributed by atoms with Gasteiger partial charge in [0.25, 0.3) is 0 Å². The van der Waals surface area contributed by atoms with E-state index in [2.05, 4.69) is 76.0 Å². The second-order valence-corrected chi connectivity index (χ2v) is 18.1. The van der Waals surface area contributed by atoms with Crippen molar-refractivity contribution in [3.63, 3.8) is 0 Å². The van der Waals surface area contributed by atoms with Crippen LogP contribution in [0.3, 0.4) is 0 Å². The number of para-hydroxylation sites is 2. The number of aromatic nitrogens is 3. The Bertz CT molecular complexity index is 3580. The Hall–Kier alpha value is -5.57. The van der Waals surface area contributed by atoms with E-state index < -0.39 is 90.5 Å². The van der Waals surface area contributed by atoms with E-state index in [-0.39, 0.29) is 48.9 Å². The minimum absolute atomic E-state index is 0. The molecule has 0 aliphatic carbocycles. The first kappa shape index (κ1) is 28.2. The Labute approximate surface area is 405 Å². The van der Waals surface area contributed by atoms with Crippen molar-refractivity contribution in [2.24, 2.45) is 5.41 Å². The molecule has 8 rings (SSSR count). The third-order valence-corrected chi connectivity index (χ3v) is 11.9. The number of benzene rings is 6. The van der Waals surface area contributed by atoms with Crippen molar-refractivity contribution in [3.05, 3.63) is 168 Å². The summed E-state index contributed by atoms with van der Waals surface area (Å²) in [5.41, 5.74) is -0.635. The number of rotatable bonds is 7. The fourth-order valence-electron chi connectivity index (χ4n) is 7.28.